The summed E-state index contributed by atoms with van der Waals surface area (Å²) in [4.78, 5) is 21.3. The number of amides is 1. The van der Waals surface area contributed by atoms with Gasteiger partial charge in [0, 0.05) is 32.4 Å². The van der Waals surface area contributed by atoms with Crippen molar-refractivity contribution in [3.05, 3.63) is 71.7 Å². The van der Waals surface area contributed by atoms with Crippen LogP contribution in [0.4, 0.5) is 5.82 Å². The molecule has 0 unspecified atom stereocenters. The van der Waals surface area contributed by atoms with Crippen molar-refractivity contribution in [2.45, 2.75) is 13.5 Å². The molecular weight excluding hydrogens is 340 g/mol. The minimum Gasteiger partial charge on any atom is -0.353 e. The van der Waals surface area contributed by atoms with Gasteiger partial charge in [0.25, 0.3) is 5.91 Å². The lowest BCUT2D eigenvalue weighted by Crippen LogP contribution is -2.49. The fourth-order valence-corrected chi connectivity index (χ4v) is 3.29. The van der Waals surface area contributed by atoms with Crippen LogP contribution in [0.3, 0.4) is 0 Å². The largest absolute Gasteiger partial charge is 0.353 e. The first-order chi connectivity index (χ1) is 13.2. The summed E-state index contributed by atoms with van der Waals surface area (Å²) in [5.41, 5.74) is 2.38. The minimum atomic E-state index is -0.0486. The van der Waals surface area contributed by atoms with Crippen LogP contribution in [0.5, 0.6) is 0 Å². The average molecular weight is 362 g/mol. The molecule has 4 rings (SSSR count). The summed E-state index contributed by atoms with van der Waals surface area (Å²) in [6.45, 7) is 5.35. The van der Waals surface area contributed by atoms with Crippen molar-refractivity contribution in [3.63, 3.8) is 0 Å². The molecule has 2 aromatic heterocycles. The van der Waals surface area contributed by atoms with Crippen LogP contribution in [0.1, 0.15) is 21.7 Å². The molecule has 1 saturated heterocycles. The second-order valence-corrected chi connectivity index (χ2v) is 6.63. The van der Waals surface area contributed by atoms with E-state index < -0.39 is 0 Å². The third-order valence-corrected chi connectivity index (χ3v) is 4.90. The van der Waals surface area contributed by atoms with Gasteiger partial charge in [-0.2, -0.15) is 0 Å². The monoisotopic (exact) mass is 362 g/mol. The molecule has 0 spiro atoms. The smallest absolute Gasteiger partial charge is 0.276 e. The molecule has 0 aliphatic carbocycles. The van der Waals surface area contributed by atoms with Gasteiger partial charge in [0.05, 0.1) is 12.2 Å². The van der Waals surface area contributed by atoms with Crippen LogP contribution in [0.25, 0.3) is 0 Å². The molecule has 1 fully saturated rings. The molecule has 27 heavy (non-hydrogen) atoms. The van der Waals surface area contributed by atoms with Crippen molar-refractivity contribution in [1.82, 2.24) is 24.9 Å². The maximum absolute atomic E-state index is 12.9. The van der Waals surface area contributed by atoms with Gasteiger partial charge in [-0.15, -0.1) is 5.10 Å². The second kappa shape index (κ2) is 7.57. The predicted octanol–water partition coefficient (Wildman–Crippen LogP) is 1.99. The van der Waals surface area contributed by atoms with Crippen LogP contribution in [0, 0.1) is 6.92 Å². The molecule has 0 N–H and O–H groups in total. The van der Waals surface area contributed by atoms with E-state index in [0.29, 0.717) is 25.3 Å². The number of rotatable bonds is 4. The van der Waals surface area contributed by atoms with E-state index in [1.54, 1.807) is 10.9 Å². The van der Waals surface area contributed by atoms with E-state index in [2.05, 4.69) is 20.2 Å². The van der Waals surface area contributed by atoms with Crippen molar-refractivity contribution >= 4 is 11.7 Å². The topological polar surface area (TPSA) is 67.2 Å². The number of hydrogen-bond donors (Lipinski definition) is 0. The predicted molar refractivity (Wildman–Crippen MR) is 103 cm³/mol. The third-order valence-electron chi connectivity index (χ3n) is 4.90. The number of carbonyl (C=O) groups excluding carboxylic acids is 1. The fourth-order valence-electron chi connectivity index (χ4n) is 3.29. The second-order valence-electron chi connectivity index (χ2n) is 6.63. The zero-order valence-corrected chi connectivity index (χ0v) is 15.3. The Bertz CT molecular complexity index is 901. The van der Waals surface area contributed by atoms with Crippen molar-refractivity contribution in [3.8, 4) is 0 Å². The molecular formula is C20H22N6O. The normalized spacial score (nSPS) is 14.4. The molecule has 3 aromatic rings. The first-order valence-corrected chi connectivity index (χ1v) is 9.11. The molecule has 0 radical (unpaired) electrons. The Labute approximate surface area is 158 Å². The van der Waals surface area contributed by atoms with E-state index in [4.69, 9.17) is 0 Å². The number of piperazine rings is 1. The Morgan fingerprint density at radius 3 is 2.44 bits per heavy atom. The van der Waals surface area contributed by atoms with Gasteiger partial charge in [-0.25, -0.2) is 9.67 Å². The first-order valence-electron chi connectivity index (χ1n) is 9.11. The van der Waals surface area contributed by atoms with E-state index in [-0.39, 0.29) is 5.91 Å². The van der Waals surface area contributed by atoms with Gasteiger partial charge in [-0.3, -0.25) is 4.79 Å². The van der Waals surface area contributed by atoms with Crippen molar-refractivity contribution in [2.24, 2.45) is 0 Å². The highest BCUT2D eigenvalue weighted by Gasteiger charge is 2.26. The first kappa shape index (κ1) is 17.2. The van der Waals surface area contributed by atoms with Gasteiger partial charge >= 0.3 is 0 Å². The average Bonchev–Trinajstić information content (AvgIpc) is 3.09. The van der Waals surface area contributed by atoms with Gasteiger partial charge in [0.2, 0.25) is 0 Å². The molecule has 7 nitrogen and oxygen atoms in total. The summed E-state index contributed by atoms with van der Waals surface area (Å²) in [5, 5.41) is 8.35. The van der Waals surface area contributed by atoms with Gasteiger partial charge in [0.15, 0.2) is 5.69 Å². The number of hydrogen-bond acceptors (Lipinski definition) is 5. The fraction of sp³-hybridized carbons (Fsp3) is 0.300. The highest BCUT2D eigenvalue weighted by atomic mass is 16.2. The molecule has 138 valence electrons. The third kappa shape index (κ3) is 3.67. The van der Waals surface area contributed by atoms with Crippen LogP contribution in [0.15, 0.2) is 54.7 Å². The maximum atomic E-state index is 12.9. The van der Waals surface area contributed by atoms with E-state index >= 15 is 0 Å². The van der Waals surface area contributed by atoms with Crippen molar-refractivity contribution in [1.29, 1.82) is 0 Å². The van der Waals surface area contributed by atoms with E-state index in [1.165, 1.54) is 0 Å². The van der Waals surface area contributed by atoms with Gasteiger partial charge in [-0.1, -0.05) is 41.6 Å². The summed E-state index contributed by atoms with van der Waals surface area (Å²) in [5.74, 6) is 0.905. The number of aromatic nitrogens is 4. The number of pyridine rings is 1. The minimum absolute atomic E-state index is 0.0486. The summed E-state index contributed by atoms with van der Waals surface area (Å²) in [6, 6.07) is 15.9. The molecule has 7 heteroatoms. The molecule has 1 aliphatic heterocycles. The Balaban J connectivity index is 1.42. The lowest BCUT2D eigenvalue weighted by atomic mass is 10.2. The van der Waals surface area contributed by atoms with Crippen LogP contribution >= 0.6 is 0 Å². The Kier molecular flexibility index (Phi) is 4.82. The summed E-state index contributed by atoms with van der Waals surface area (Å²) in [6.07, 6.45) is 1.79. The Hall–Kier alpha value is -3.22. The molecule has 1 amide bonds. The number of carbonyl (C=O) groups is 1. The van der Waals surface area contributed by atoms with Crippen molar-refractivity contribution in [2.75, 3.05) is 31.1 Å². The highest BCUT2D eigenvalue weighted by molar-refractivity contribution is 5.93. The molecule has 1 aromatic carbocycles. The maximum Gasteiger partial charge on any atom is 0.276 e. The summed E-state index contributed by atoms with van der Waals surface area (Å²) in [7, 11) is 0. The SMILES string of the molecule is Cc1c(C(=O)N2CCN(c3ccccn3)CC2)nnn1Cc1ccccc1. The zero-order valence-electron chi connectivity index (χ0n) is 15.3. The van der Waals surface area contributed by atoms with Crippen molar-refractivity contribution < 1.29 is 4.79 Å². The zero-order chi connectivity index (χ0) is 18.6. The van der Waals surface area contributed by atoms with Crippen LogP contribution in [0.2, 0.25) is 0 Å². The van der Waals surface area contributed by atoms with E-state index in [0.717, 1.165) is 30.2 Å². The van der Waals surface area contributed by atoms with Gasteiger partial charge in [-0.05, 0) is 24.6 Å². The lowest BCUT2D eigenvalue weighted by molar-refractivity contribution is 0.0739. The standard InChI is InChI=1S/C20H22N6O/c1-16-19(22-23-26(16)15-17-7-3-2-4-8-17)20(27)25-13-11-24(12-14-25)18-9-5-6-10-21-18/h2-10H,11-15H2,1H3. The van der Waals surface area contributed by atoms with Crippen LogP contribution < -0.4 is 4.90 Å². The van der Waals surface area contributed by atoms with E-state index in [1.807, 2.05) is 60.4 Å². The Morgan fingerprint density at radius 2 is 1.74 bits per heavy atom. The number of benzene rings is 1. The molecule has 1 aliphatic rings. The molecule has 0 bridgehead atoms. The number of nitrogens with zero attached hydrogens (tertiary/aromatic N) is 6. The van der Waals surface area contributed by atoms with Gasteiger partial charge in [0.1, 0.15) is 5.82 Å². The van der Waals surface area contributed by atoms with Gasteiger partial charge < -0.3 is 9.80 Å². The molecule has 3 heterocycles. The number of anilines is 1. The quantitative estimate of drug-likeness (QED) is 0.710. The Morgan fingerprint density at radius 1 is 1.00 bits per heavy atom. The summed E-state index contributed by atoms with van der Waals surface area (Å²) < 4.78 is 1.78. The summed E-state index contributed by atoms with van der Waals surface area (Å²) >= 11 is 0. The lowest BCUT2D eigenvalue weighted by Gasteiger charge is -2.35. The molecule has 0 atom stereocenters. The highest BCUT2D eigenvalue weighted by Crippen LogP contribution is 2.15. The van der Waals surface area contributed by atoms with E-state index in [9.17, 15) is 4.79 Å². The van der Waals surface area contributed by atoms with Crippen LogP contribution in [-0.2, 0) is 6.54 Å². The van der Waals surface area contributed by atoms with Crippen LogP contribution in [-0.4, -0.2) is 57.0 Å². The molecule has 0 saturated carbocycles.